The Morgan fingerprint density at radius 3 is 2.15 bits per heavy atom. The topological polar surface area (TPSA) is 37.4 Å². The molecule has 4 heteroatoms. The standard InChI is InChI=1S/C9H21NO2S/c1-5-7-8-10(9(3)6-2)13(4,11)12/h9H,5-8H2,1-4H3. The van der Waals surface area contributed by atoms with Crippen LogP contribution in [-0.2, 0) is 10.0 Å². The van der Waals surface area contributed by atoms with Crippen LogP contribution < -0.4 is 0 Å². The summed E-state index contributed by atoms with van der Waals surface area (Å²) in [4.78, 5) is 0. The van der Waals surface area contributed by atoms with Gasteiger partial charge >= 0.3 is 0 Å². The monoisotopic (exact) mass is 207 g/mol. The quantitative estimate of drug-likeness (QED) is 0.666. The van der Waals surface area contributed by atoms with Crippen LogP contribution in [0.25, 0.3) is 0 Å². The van der Waals surface area contributed by atoms with Gasteiger partial charge in [-0.25, -0.2) is 8.42 Å². The average molecular weight is 207 g/mol. The molecule has 13 heavy (non-hydrogen) atoms. The van der Waals surface area contributed by atoms with Crippen LogP contribution in [0.4, 0.5) is 0 Å². The average Bonchev–Trinajstić information content (AvgIpc) is 2.02. The minimum absolute atomic E-state index is 0.126. The largest absolute Gasteiger partial charge is 0.212 e. The third-order valence-corrected chi connectivity index (χ3v) is 3.63. The predicted molar refractivity (Wildman–Crippen MR) is 56.2 cm³/mol. The first kappa shape index (κ1) is 12.9. The van der Waals surface area contributed by atoms with Gasteiger partial charge in [0.25, 0.3) is 0 Å². The van der Waals surface area contributed by atoms with Gasteiger partial charge in [-0.15, -0.1) is 0 Å². The van der Waals surface area contributed by atoms with Crippen molar-refractivity contribution in [2.24, 2.45) is 0 Å². The zero-order valence-corrected chi connectivity index (χ0v) is 9.89. The molecule has 0 aliphatic heterocycles. The second-order valence-electron chi connectivity index (χ2n) is 3.48. The van der Waals surface area contributed by atoms with E-state index in [0.717, 1.165) is 19.3 Å². The Kier molecular flexibility index (Phi) is 5.56. The minimum Gasteiger partial charge on any atom is -0.212 e. The number of unbranched alkanes of at least 4 members (excludes halogenated alkanes) is 1. The first-order chi connectivity index (χ1) is 5.93. The minimum atomic E-state index is -3.02. The second-order valence-corrected chi connectivity index (χ2v) is 5.42. The molecule has 0 heterocycles. The van der Waals surface area contributed by atoms with Gasteiger partial charge < -0.3 is 0 Å². The normalized spacial score (nSPS) is 14.8. The Morgan fingerprint density at radius 2 is 1.85 bits per heavy atom. The molecular weight excluding hydrogens is 186 g/mol. The highest BCUT2D eigenvalue weighted by Crippen LogP contribution is 2.09. The van der Waals surface area contributed by atoms with Crippen LogP contribution in [0.2, 0.25) is 0 Å². The summed E-state index contributed by atoms with van der Waals surface area (Å²) in [5.41, 5.74) is 0. The number of sulfonamides is 1. The molecule has 0 rings (SSSR count). The van der Waals surface area contributed by atoms with Gasteiger partial charge in [-0.05, 0) is 19.8 Å². The van der Waals surface area contributed by atoms with E-state index in [0.29, 0.717) is 6.54 Å². The lowest BCUT2D eigenvalue weighted by Gasteiger charge is -2.25. The van der Waals surface area contributed by atoms with Crippen molar-refractivity contribution in [1.82, 2.24) is 4.31 Å². The summed E-state index contributed by atoms with van der Waals surface area (Å²) in [5.74, 6) is 0. The maximum atomic E-state index is 11.4. The van der Waals surface area contributed by atoms with Gasteiger partial charge in [0.2, 0.25) is 10.0 Å². The van der Waals surface area contributed by atoms with Crippen molar-refractivity contribution in [1.29, 1.82) is 0 Å². The number of nitrogens with zero attached hydrogens (tertiary/aromatic N) is 1. The molecule has 0 bridgehead atoms. The van der Waals surface area contributed by atoms with Crippen LogP contribution in [0.3, 0.4) is 0 Å². The van der Waals surface area contributed by atoms with Crippen molar-refractivity contribution in [3.63, 3.8) is 0 Å². The molecule has 0 spiro atoms. The lowest BCUT2D eigenvalue weighted by Crippen LogP contribution is -2.38. The van der Waals surface area contributed by atoms with E-state index in [1.54, 1.807) is 4.31 Å². The van der Waals surface area contributed by atoms with E-state index in [1.165, 1.54) is 6.26 Å². The summed E-state index contributed by atoms with van der Waals surface area (Å²) in [6.07, 6.45) is 4.13. The SMILES string of the molecule is CCCCN(C(C)CC)S(C)(=O)=O. The Balaban J connectivity index is 4.38. The number of hydrogen-bond donors (Lipinski definition) is 0. The number of hydrogen-bond acceptors (Lipinski definition) is 2. The Bertz CT molecular complexity index is 224. The molecule has 0 fully saturated rings. The molecular formula is C9H21NO2S. The van der Waals surface area contributed by atoms with Gasteiger partial charge in [-0.1, -0.05) is 20.3 Å². The van der Waals surface area contributed by atoms with Crippen LogP contribution in [0.1, 0.15) is 40.0 Å². The molecule has 0 saturated carbocycles. The molecule has 0 amide bonds. The Morgan fingerprint density at radius 1 is 1.31 bits per heavy atom. The van der Waals surface area contributed by atoms with Gasteiger partial charge in [-0.2, -0.15) is 4.31 Å². The van der Waals surface area contributed by atoms with Crippen LogP contribution in [-0.4, -0.2) is 31.6 Å². The van der Waals surface area contributed by atoms with E-state index >= 15 is 0 Å². The molecule has 3 nitrogen and oxygen atoms in total. The van der Waals surface area contributed by atoms with E-state index < -0.39 is 10.0 Å². The van der Waals surface area contributed by atoms with Gasteiger partial charge in [0.05, 0.1) is 6.26 Å². The smallest absolute Gasteiger partial charge is 0.211 e. The third-order valence-electron chi connectivity index (χ3n) is 2.24. The lowest BCUT2D eigenvalue weighted by atomic mass is 10.2. The first-order valence-corrected chi connectivity index (χ1v) is 6.75. The van der Waals surface area contributed by atoms with E-state index in [2.05, 4.69) is 6.92 Å². The second kappa shape index (κ2) is 5.60. The van der Waals surface area contributed by atoms with Crippen LogP contribution >= 0.6 is 0 Å². The van der Waals surface area contributed by atoms with Gasteiger partial charge in [-0.3, -0.25) is 0 Å². The summed E-state index contributed by atoms with van der Waals surface area (Å²) in [6, 6.07) is 0.126. The zero-order chi connectivity index (χ0) is 10.5. The first-order valence-electron chi connectivity index (χ1n) is 4.90. The fraction of sp³-hybridized carbons (Fsp3) is 1.00. The fourth-order valence-electron chi connectivity index (χ4n) is 1.23. The molecule has 0 aromatic carbocycles. The van der Waals surface area contributed by atoms with Crippen LogP contribution in [0.5, 0.6) is 0 Å². The van der Waals surface area contributed by atoms with Gasteiger partial charge in [0.15, 0.2) is 0 Å². The molecule has 1 unspecified atom stereocenters. The fourth-order valence-corrected chi connectivity index (χ4v) is 2.49. The highest BCUT2D eigenvalue weighted by atomic mass is 32.2. The summed E-state index contributed by atoms with van der Waals surface area (Å²) in [6.45, 7) is 6.69. The molecule has 0 radical (unpaired) electrons. The molecule has 1 atom stereocenters. The van der Waals surface area contributed by atoms with E-state index in [-0.39, 0.29) is 6.04 Å². The summed E-state index contributed by atoms with van der Waals surface area (Å²) >= 11 is 0. The van der Waals surface area contributed by atoms with Crippen molar-refractivity contribution in [3.05, 3.63) is 0 Å². The van der Waals surface area contributed by atoms with Crippen LogP contribution in [0, 0.1) is 0 Å². The van der Waals surface area contributed by atoms with Crippen molar-refractivity contribution in [3.8, 4) is 0 Å². The molecule has 0 aliphatic carbocycles. The van der Waals surface area contributed by atoms with Crippen molar-refractivity contribution in [2.45, 2.75) is 46.1 Å². The summed E-state index contributed by atoms with van der Waals surface area (Å²) in [7, 11) is -3.02. The molecule has 0 aromatic rings. The molecule has 0 aromatic heterocycles. The maximum absolute atomic E-state index is 11.4. The van der Waals surface area contributed by atoms with E-state index in [9.17, 15) is 8.42 Å². The molecule has 0 N–H and O–H groups in total. The Labute approximate surface area is 82.2 Å². The third kappa shape index (κ3) is 4.62. The molecule has 80 valence electrons. The van der Waals surface area contributed by atoms with Crippen LogP contribution in [0.15, 0.2) is 0 Å². The highest BCUT2D eigenvalue weighted by Gasteiger charge is 2.20. The zero-order valence-electron chi connectivity index (χ0n) is 9.08. The van der Waals surface area contributed by atoms with Gasteiger partial charge in [0.1, 0.15) is 0 Å². The van der Waals surface area contributed by atoms with Crippen molar-refractivity contribution in [2.75, 3.05) is 12.8 Å². The molecule has 0 saturated heterocycles. The van der Waals surface area contributed by atoms with E-state index in [1.807, 2.05) is 13.8 Å². The lowest BCUT2D eigenvalue weighted by molar-refractivity contribution is 0.326. The van der Waals surface area contributed by atoms with Gasteiger partial charge in [0, 0.05) is 12.6 Å². The van der Waals surface area contributed by atoms with E-state index in [4.69, 9.17) is 0 Å². The summed E-state index contributed by atoms with van der Waals surface area (Å²) in [5, 5.41) is 0. The predicted octanol–water partition coefficient (Wildman–Crippen LogP) is 1.85. The maximum Gasteiger partial charge on any atom is 0.211 e. The highest BCUT2D eigenvalue weighted by molar-refractivity contribution is 7.88. The Hall–Kier alpha value is -0.0900. The molecule has 0 aliphatic rings. The van der Waals surface area contributed by atoms with Crippen molar-refractivity contribution >= 4 is 10.0 Å². The summed E-state index contributed by atoms with van der Waals surface area (Å²) < 4.78 is 24.3. The van der Waals surface area contributed by atoms with Crippen molar-refractivity contribution < 1.29 is 8.42 Å². The number of rotatable bonds is 6.